The van der Waals surface area contributed by atoms with Crippen molar-refractivity contribution >= 4 is 17.2 Å². The standard InChI is InChI=1S/C14H24N2OS/c1-10(2)16-14(17)7-8-15-11(3)9-13-6-5-12(4)18-13/h5-6,10-11,15H,7-9H2,1-4H3,(H,16,17). The van der Waals surface area contributed by atoms with E-state index in [4.69, 9.17) is 0 Å². The molecule has 0 bridgehead atoms. The van der Waals surface area contributed by atoms with Crippen molar-refractivity contribution in [1.29, 1.82) is 0 Å². The van der Waals surface area contributed by atoms with E-state index < -0.39 is 0 Å². The SMILES string of the molecule is Cc1ccc(CC(C)NCCC(=O)NC(C)C)s1. The largest absolute Gasteiger partial charge is 0.354 e. The van der Waals surface area contributed by atoms with E-state index in [1.807, 2.05) is 25.2 Å². The lowest BCUT2D eigenvalue weighted by Gasteiger charge is -2.13. The summed E-state index contributed by atoms with van der Waals surface area (Å²) in [7, 11) is 0. The molecule has 4 heteroatoms. The maximum Gasteiger partial charge on any atom is 0.221 e. The number of aryl methyl sites for hydroxylation is 1. The molecular formula is C14H24N2OS. The molecule has 0 aliphatic carbocycles. The minimum absolute atomic E-state index is 0.122. The number of hydrogen-bond acceptors (Lipinski definition) is 3. The lowest BCUT2D eigenvalue weighted by molar-refractivity contribution is -0.121. The first-order valence-corrected chi connectivity index (χ1v) is 7.37. The van der Waals surface area contributed by atoms with Gasteiger partial charge in [0.2, 0.25) is 5.91 Å². The van der Waals surface area contributed by atoms with Crippen LogP contribution in [0.4, 0.5) is 0 Å². The quantitative estimate of drug-likeness (QED) is 0.798. The predicted octanol–water partition coefficient (Wildman–Crippen LogP) is 2.49. The molecule has 0 saturated carbocycles. The Balaban J connectivity index is 2.17. The van der Waals surface area contributed by atoms with Crippen molar-refractivity contribution in [1.82, 2.24) is 10.6 Å². The molecule has 0 saturated heterocycles. The molecule has 0 spiro atoms. The summed E-state index contributed by atoms with van der Waals surface area (Å²) < 4.78 is 0. The molecule has 102 valence electrons. The highest BCUT2D eigenvalue weighted by Gasteiger charge is 2.07. The summed E-state index contributed by atoms with van der Waals surface area (Å²) in [5.41, 5.74) is 0. The molecule has 1 rings (SSSR count). The van der Waals surface area contributed by atoms with E-state index in [0.717, 1.165) is 13.0 Å². The van der Waals surface area contributed by atoms with Crippen molar-refractivity contribution < 1.29 is 4.79 Å². The molecule has 0 aliphatic rings. The fraction of sp³-hybridized carbons (Fsp3) is 0.643. The van der Waals surface area contributed by atoms with Gasteiger partial charge in [-0.25, -0.2) is 0 Å². The second-order valence-electron chi connectivity index (χ2n) is 5.04. The molecule has 0 radical (unpaired) electrons. The summed E-state index contributed by atoms with van der Waals surface area (Å²) in [6.07, 6.45) is 1.58. The highest BCUT2D eigenvalue weighted by molar-refractivity contribution is 7.11. The number of thiophene rings is 1. The molecule has 2 N–H and O–H groups in total. The highest BCUT2D eigenvalue weighted by atomic mass is 32.1. The minimum atomic E-state index is 0.122. The predicted molar refractivity (Wildman–Crippen MR) is 78.1 cm³/mol. The number of nitrogens with one attached hydrogen (secondary N) is 2. The number of hydrogen-bond donors (Lipinski definition) is 2. The molecule has 1 aromatic rings. The molecular weight excluding hydrogens is 244 g/mol. The van der Waals surface area contributed by atoms with Crippen LogP contribution >= 0.6 is 11.3 Å². The molecule has 3 nitrogen and oxygen atoms in total. The van der Waals surface area contributed by atoms with E-state index in [1.54, 1.807) is 0 Å². The first-order valence-electron chi connectivity index (χ1n) is 6.55. The van der Waals surface area contributed by atoms with Crippen molar-refractivity contribution in [2.24, 2.45) is 0 Å². The molecule has 0 aromatic carbocycles. The number of carbonyl (C=O) groups excluding carboxylic acids is 1. The average Bonchev–Trinajstić information content (AvgIpc) is 2.62. The minimum Gasteiger partial charge on any atom is -0.354 e. The van der Waals surface area contributed by atoms with Crippen LogP contribution in [0.15, 0.2) is 12.1 Å². The third-order valence-corrected chi connectivity index (χ3v) is 3.62. The number of rotatable bonds is 7. The summed E-state index contributed by atoms with van der Waals surface area (Å²) in [6.45, 7) is 8.99. The third kappa shape index (κ3) is 6.17. The van der Waals surface area contributed by atoms with E-state index in [9.17, 15) is 4.79 Å². The third-order valence-electron chi connectivity index (χ3n) is 2.60. The first-order chi connectivity index (χ1) is 8.47. The summed E-state index contributed by atoms with van der Waals surface area (Å²) in [5.74, 6) is 0.122. The first kappa shape index (κ1) is 15.2. The normalized spacial score (nSPS) is 12.7. The topological polar surface area (TPSA) is 41.1 Å². The Labute approximate surface area is 114 Å². The van der Waals surface area contributed by atoms with Gasteiger partial charge in [0.1, 0.15) is 0 Å². The summed E-state index contributed by atoms with van der Waals surface area (Å²) in [4.78, 5) is 14.2. The summed E-state index contributed by atoms with van der Waals surface area (Å²) in [6, 6.07) is 4.98. The molecule has 0 aliphatic heterocycles. The molecule has 1 amide bonds. The van der Waals surface area contributed by atoms with Gasteiger partial charge in [0, 0.05) is 34.8 Å². The highest BCUT2D eigenvalue weighted by Crippen LogP contribution is 2.16. The Hall–Kier alpha value is -0.870. The van der Waals surface area contributed by atoms with Crippen molar-refractivity contribution in [3.63, 3.8) is 0 Å². The van der Waals surface area contributed by atoms with Crippen LogP contribution in [0.25, 0.3) is 0 Å². The summed E-state index contributed by atoms with van der Waals surface area (Å²) >= 11 is 1.84. The Bertz CT molecular complexity index is 374. The van der Waals surface area contributed by atoms with E-state index in [2.05, 4.69) is 36.6 Å². The molecule has 18 heavy (non-hydrogen) atoms. The van der Waals surface area contributed by atoms with Crippen molar-refractivity contribution in [3.8, 4) is 0 Å². The van der Waals surface area contributed by atoms with E-state index >= 15 is 0 Å². The van der Waals surface area contributed by atoms with Gasteiger partial charge in [0.05, 0.1) is 0 Å². The monoisotopic (exact) mass is 268 g/mol. The van der Waals surface area contributed by atoms with Gasteiger partial charge in [0.15, 0.2) is 0 Å². The zero-order valence-electron chi connectivity index (χ0n) is 11.7. The van der Waals surface area contributed by atoms with Crippen LogP contribution in [0.5, 0.6) is 0 Å². The number of amides is 1. The lowest BCUT2D eigenvalue weighted by Crippen LogP contribution is -2.35. The van der Waals surface area contributed by atoms with Crippen LogP contribution in [0.2, 0.25) is 0 Å². The van der Waals surface area contributed by atoms with Gasteiger partial charge >= 0.3 is 0 Å². The van der Waals surface area contributed by atoms with Gasteiger partial charge in [0.25, 0.3) is 0 Å². The Kier molecular flexibility index (Phi) is 6.36. The van der Waals surface area contributed by atoms with Gasteiger partial charge in [-0.05, 0) is 46.2 Å². The van der Waals surface area contributed by atoms with Gasteiger partial charge in [-0.2, -0.15) is 0 Å². The van der Waals surface area contributed by atoms with E-state index in [0.29, 0.717) is 12.5 Å². The van der Waals surface area contributed by atoms with Crippen LogP contribution in [-0.4, -0.2) is 24.5 Å². The maximum atomic E-state index is 11.4. The van der Waals surface area contributed by atoms with Gasteiger partial charge in [-0.15, -0.1) is 11.3 Å². The second-order valence-corrected chi connectivity index (χ2v) is 6.42. The van der Waals surface area contributed by atoms with Gasteiger partial charge in [-0.3, -0.25) is 4.79 Å². The van der Waals surface area contributed by atoms with Crippen LogP contribution in [0.1, 0.15) is 36.9 Å². The second kappa shape index (κ2) is 7.54. The van der Waals surface area contributed by atoms with Crippen molar-refractivity contribution in [2.45, 2.75) is 52.6 Å². The lowest BCUT2D eigenvalue weighted by atomic mass is 10.2. The van der Waals surface area contributed by atoms with Crippen molar-refractivity contribution in [2.75, 3.05) is 6.54 Å². The number of carbonyl (C=O) groups is 1. The Morgan fingerprint density at radius 3 is 2.61 bits per heavy atom. The van der Waals surface area contributed by atoms with Crippen LogP contribution in [-0.2, 0) is 11.2 Å². The van der Waals surface area contributed by atoms with Crippen LogP contribution in [0.3, 0.4) is 0 Å². The molecule has 1 heterocycles. The Morgan fingerprint density at radius 1 is 1.33 bits per heavy atom. The van der Waals surface area contributed by atoms with Gasteiger partial charge in [-0.1, -0.05) is 0 Å². The van der Waals surface area contributed by atoms with E-state index in [-0.39, 0.29) is 11.9 Å². The zero-order chi connectivity index (χ0) is 13.5. The molecule has 0 fully saturated rings. The summed E-state index contributed by atoms with van der Waals surface area (Å²) in [5, 5.41) is 6.28. The van der Waals surface area contributed by atoms with Crippen LogP contribution in [0, 0.1) is 6.92 Å². The fourth-order valence-electron chi connectivity index (χ4n) is 1.80. The zero-order valence-corrected chi connectivity index (χ0v) is 12.6. The van der Waals surface area contributed by atoms with Crippen molar-refractivity contribution in [3.05, 3.63) is 21.9 Å². The smallest absolute Gasteiger partial charge is 0.221 e. The van der Waals surface area contributed by atoms with Crippen LogP contribution < -0.4 is 10.6 Å². The van der Waals surface area contributed by atoms with Gasteiger partial charge < -0.3 is 10.6 Å². The molecule has 1 aromatic heterocycles. The van der Waals surface area contributed by atoms with E-state index in [1.165, 1.54) is 9.75 Å². The molecule has 1 atom stereocenters. The maximum absolute atomic E-state index is 11.4. The Morgan fingerprint density at radius 2 is 2.06 bits per heavy atom. The average molecular weight is 268 g/mol. The molecule has 1 unspecified atom stereocenters. The fourth-order valence-corrected chi connectivity index (χ4v) is 2.81.